The summed E-state index contributed by atoms with van der Waals surface area (Å²) in [5.41, 5.74) is 2.05. The lowest BCUT2D eigenvalue weighted by atomic mass is 10.1. The lowest BCUT2D eigenvalue weighted by molar-refractivity contribution is -0.115. The standard InChI is InChI=1S/C12H13NO/c1-3-13-12(14)9-8-11-6-4-10(2)5-7-11/h4-7H,3H2,1-2H3,(H,13,14). The van der Waals surface area contributed by atoms with Crippen molar-refractivity contribution in [3.63, 3.8) is 0 Å². The molecule has 0 aliphatic carbocycles. The maximum absolute atomic E-state index is 11.0. The van der Waals surface area contributed by atoms with Crippen LogP contribution in [0.3, 0.4) is 0 Å². The number of amides is 1. The van der Waals surface area contributed by atoms with Crippen LogP contribution in [0.15, 0.2) is 24.3 Å². The molecule has 2 nitrogen and oxygen atoms in total. The van der Waals surface area contributed by atoms with E-state index < -0.39 is 0 Å². The van der Waals surface area contributed by atoms with Crippen molar-refractivity contribution < 1.29 is 4.79 Å². The summed E-state index contributed by atoms with van der Waals surface area (Å²) in [6.07, 6.45) is 0. The Hall–Kier alpha value is -1.75. The molecule has 0 aliphatic rings. The van der Waals surface area contributed by atoms with Crippen LogP contribution in [-0.4, -0.2) is 12.5 Å². The van der Waals surface area contributed by atoms with Crippen molar-refractivity contribution in [1.82, 2.24) is 5.32 Å². The molecule has 0 fully saturated rings. The van der Waals surface area contributed by atoms with E-state index in [1.807, 2.05) is 38.1 Å². The maximum Gasteiger partial charge on any atom is 0.296 e. The second kappa shape index (κ2) is 5.08. The number of carbonyl (C=O) groups excluding carboxylic acids is 1. The summed E-state index contributed by atoms with van der Waals surface area (Å²) in [4.78, 5) is 11.0. The van der Waals surface area contributed by atoms with Gasteiger partial charge in [-0.25, -0.2) is 0 Å². The Morgan fingerprint density at radius 1 is 1.36 bits per heavy atom. The number of nitrogens with one attached hydrogen (secondary N) is 1. The quantitative estimate of drug-likeness (QED) is 0.663. The topological polar surface area (TPSA) is 29.1 Å². The van der Waals surface area contributed by atoms with Crippen molar-refractivity contribution in [3.05, 3.63) is 35.4 Å². The van der Waals surface area contributed by atoms with Gasteiger partial charge in [-0.15, -0.1) is 0 Å². The lowest BCUT2D eigenvalue weighted by Crippen LogP contribution is -2.20. The first-order chi connectivity index (χ1) is 6.72. The van der Waals surface area contributed by atoms with Gasteiger partial charge in [0.05, 0.1) is 0 Å². The summed E-state index contributed by atoms with van der Waals surface area (Å²) in [6.45, 7) is 4.49. The number of rotatable bonds is 1. The van der Waals surface area contributed by atoms with E-state index in [2.05, 4.69) is 17.2 Å². The lowest BCUT2D eigenvalue weighted by Gasteiger charge is -1.92. The third-order valence-electron chi connectivity index (χ3n) is 1.71. The van der Waals surface area contributed by atoms with Gasteiger partial charge in [0, 0.05) is 18.0 Å². The summed E-state index contributed by atoms with van der Waals surface area (Å²) >= 11 is 0. The van der Waals surface area contributed by atoms with Gasteiger partial charge in [0.2, 0.25) is 0 Å². The zero-order valence-electron chi connectivity index (χ0n) is 8.42. The highest BCUT2D eigenvalue weighted by Crippen LogP contribution is 2.00. The largest absolute Gasteiger partial charge is 0.346 e. The summed E-state index contributed by atoms with van der Waals surface area (Å²) in [7, 11) is 0. The molecule has 0 bridgehead atoms. The Morgan fingerprint density at radius 3 is 2.57 bits per heavy atom. The highest BCUT2D eigenvalue weighted by atomic mass is 16.1. The number of aryl methyl sites for hydroxylation is 1. The van der Waals surface area contributed by atoms with Crippen LogP contribution in [0.4, 0.5) is 0 Å². The smallest absolute Gasteiger partial charge is 0.296 e. The van der Waals surface area contributed by atoms with E-state index in [0.717, 1.165) is 5.56 Å². The van der Waals surface area contributed by atoms with E-state index >= 15 is 0 Å². The van der Waals surface area contributed by atoms with Gasteiger partial charge < -0.3 is 5.32 Å². The van der Waals surface area contributed by atoms with Gasteiger partial charge in [-0.2, -0.15) is 0 Å². The molecule has 0 saturated heterocycles. The fraction of sp³-hybridized carbons (Fsp3) is 0.250. The van der Waals surface area contributed by atoms with E-state index in [1.165, 1.54) is 5.56 Å². The molecule has 1 rings (SSSR count). The molecule has 0 aromatic heterocycles. The number of hydrogen-bond acceptors (Lipinski definition) is 1. The monoisotopic (exact) mass is 187 g/mol. The molecule has 0 radical (unpaired) electrons. The molecule has 1 aromatic carbocycles. The fourth-order valence-corrected chi connectivity index (χ4v) is 0.971. The van der Waals surface area contributed by atoms with Crippen molar-refractivity contribution in [2.75, 3.05) is 6.54 Å². The molecule has 14 heavy (non-hydrogen) atoms. The van der Waals surface area contributed by atoms with Gasteiger partial charge >= 0.3 is 0 Å². The Balaban J connectivity index is 2.68. The summed E-state index contributed by atoms with van der Waals surface area (Å²) < 4.78 is 0. The molecule has 72 valence electrons. The maximum atomic E-state index is 11.0. The van der Waals surface area contributed by atoms with E-state index in [0.29, 0.717) is 6.54 Å². The van der Waals surface area contributed by atoms with Crippen molar-refractivity contribution in [3.8, 4) is 11.8 Å². The van der Waals surface area contributed by atoms with Crippen LogP contribution in [0.5, 0.6) is 0 Å². The molecule has 0 atom stereocenters. The van der Waals surface area contributed by atoms with Crippen LogP contribution < -0.4 is 5.32 Å². The molecule has 0 heterocycles. The molecular formula is C12H13NO. The fourth-order valence-electron chi connectivity index (χ4n) is 0.971. The number of hydrogen-bond donors (Lipinski definition) is 1. The normalized spacial score (nSPS) is 8.71. The Labute approximate surface area is 84.3 Å². The Bertz CT molecular complexity index is 368. The van der Waals surface area contributed by atoms with E-state index in [-0.39, 0.29) is 5.91 Å². The van der Waals surface area contributed by atoms with Crippen LogP contribution in [0.25, 0.3) is 0 Å². The van der Waals surface area contributed by atoms with Crippen molar-refractivity contribution in [2.24, 2.45) is 0 Å². The van der Waals surface area contributed by atoms with Gasteiger partial charge in [-0.1, -0.05) is 23.6 Å². The molecule has 1 amide bonds. The van der Waals surface area contributed by atoms with Crippen molar-refractivity contribution >= 4 is 5.91 Å². The summed E-state index contributed by atoms with van der Waals surface area (Å²) in [6, 6.07) is 7.76. The van der Waals surface area contributed by atoms with E-state index in [9.17, 15) is 4.79 Å². The van der Waals surface area contributed by atoms with Gasteiger partial charge in [0.1, 0.15) is 0 Å². The zero-order valence-corrected chi connectivity index (χ0v) is 8.42. The first kappa shape index (κ1) is 10.3. The highest BCUT2D eigenvalue weighted by molar-refractivity contribution is 5.93. The third-order valence-corrected chi connectivity index (χ3v) is 1.71. The molecule has 1 N–H and O–H groups in total. The van der Waals surface area contributed by atoms with Crippen LogP contribution in [0, 0.1) is 18.8 Å². The highest BCUT2D eigenvalue weighted by Gasteiger charge is 1.90. The first-order valence-corrected chi connectivity index (χ1v) is 4.59. The minimum absolute atomic E-state index is 0.229. The molecule has 0 saturated carbocycles. The first-order valence-electron chi connectivity index (χ1n) is 4.59. The minimum atomic E-state index is -0.229. The second-order valence-electron chi connectivity index (χ2n) is 2.98. The second-order valence-corrected chi connectivity index (χ2v) is 2.98. The van der Waals surface area contributed by atoms with Gasteiger partial charge in [-0.05, 0) is 26.0 Å². The molecule has 0 unspecified atom stereocenters. The van der Waals surface area contributed by atoms with E-state index in [1.54, 1.807) is 0 Å². The zero-order chi connectivity index (χ0) is 10.4. The molecule has 0 aliphatic heterocycles. The SMILES string of the molecule is CCNC(=O)C#Cc1ccc(C)cc1. The van der Waals surface area contributed by atoms with E-state index in [4.69, 9.17) is 0 Å². The predicted octanol–water partition coefficient (Wildman–Crippen LogP) is 1.48. The van der Waals surface area contributed by atoms with Gasteiger partial charge in [-0.3, -0.25) is 4.79 Å². The van der Waals surface area contributed by atoms with Gasteiger partial charge in [0.15, 0.2) is 0 Å². The molecule has 0 spiro atoms. The Morgan fingerprint density at radius 2 is 2.00 bits per heavy atom. The predicted molar refractivity (Wildman–Crippen MR) is 56.7 cm³/mol. The molecule has 1 aromatic rings. The summed E-state index contributed by atoms with van der Waals surface area (Å²) in [5, 5.41) is 2.61. The molecule has 2 heteroatoms. The van der Waals surface area contributed by atoms with Crippen LogP contribution in [-0.2, 0) is 4.79 Å². The van der Waals surface area contributed by atoms with Crippen LogP contribution >= 0.6 is 0 Å². The number of carbonyl (C=O) groups is 1. The van der Waals surface area contributed by atoms with Crippen molar-refractivity contribution in [1.29, 1.82) is 0 Å². The molecular weight excluding hydrogens is 174 g/mol. The number of benzene rings is 1. The Kier molecular flexibility index (Phi) is 3.75. The van der Waals surface area contributed by atoms with Crippen LogP contribution in [0.1, 0.15) is 18.1 Å². The summed E-state index contributed by atoms with van der Waals surface area (Å²) in [5.74, 6) is 5.09. The average molecular weight is 187 g/mol. The minimum Gasteiger partial charge on any atom is -0.346 e. The third kappa shape index (κ3) is 3.32. The van der Waals surface area contributed by atoms with Crippen molar-refractivity contribution in [2.45, 2.75) is 13.8 Å². The van der Waals surface area contributed by atoms with Gasteiger partial charge in [0.25, 0.3) is 5.91 Å². The van der Waals surface area contributed by atoms with Crippen LogP contribution in [0.2, 0.25) is 0 Å². The average Bonchev–Trinajstić information content (AvgIpc) is 2.17.